The van der Waals surface area contributed by atoms with Gasteiger partial charge in [0.05, 0.1) is 0 Å². The Labute approximate surface area is 104 Å². The molecule has 0 aliphatic heterocycles. The molecule has 0 unspecified atom stereocenters. The molecule has 87 valence electrons. The number of primary amides is 1. The second kappa shape index (κ2) is 4.04. The Kier molecular flexibility index (Phi) is 2.38. The van der Waals surface area contributed by atoms with Gasteiger partial charge in [-0.1, -0.05) is 18.2 Å². The van der Waals surface area contributed by atoms with E-state index in [4.69, 9.17) is 5.73 Å². The molecule has 3 N–H and O–H groups in total. The molecule has 1 heterocycles. The molecular weight excluding hydrogens is 224 g/mol. The standard InChI is InChI=1S/C15H11N2O/c16-15(18)12-6-3-5-10(8-12)14-9-11-4-1-2-7-13(11)17-14/h2-9,17H,(H2,16,18). The van der Waals surface area contributed by atoms with Crippen LogP contribution in [0.1, 0.15) is 10.4 Å². The maximum absolute atomic E-state index is 11.2. The number of aromatic nitrogens is 1. The summed E-state index contributed by atoms with van der Waals surface area (Å²) in [5.74, 6) is -0.415. The van der Waals surface area contributed by atoms with Gasteiger partial charge in [0.2, 0.25) is 5.91 Å². The van der Waals surface area contributed by atoms with E-state index in [1.54, 1.807) is 12.1 Å². The van der Waals surface area contributed by atoms with Crippen molar-refractivity contribution in [1.82, 2.24) is 4.98 Å². The van der Waals surface area contributed by atoms with Gasteiger partial charge in [0.1, 0.15) is 0 Å². The van der Waals surface area contributed by atoms with Gasteiger partial charge < -0.3 is 10.7 Å². The highest BCUT2D eigenvalue weighted by molar-refractivity contribution is 5.94. The number of fused-ring (bicyclic) bond motifs is 1. The molecule has 0 aliphatic rings. The number of aromatic amines is 1. The summed E-state index contributed by atoms with van der Waals surface area (Å²) in [6.45, 7) is 0. The molecule has 3 heteroatoms. The Morgan fingerprint density at radius 1 is 1.22 bits per heavy atom. The fourth-order valence-corrected chi connectivity index (χ4v) is 2.01. The Balaban J connectivity index is 2.13. The third-order valence-corrected chi connectivity index (χ3v) is 2.92. The summed E-state index contributed by atoms with van der Waals surface area (Å²) < 4.78 is 0. The van der Waals surface area contributed by atoms with Crippen LogP contribution in [0.15, 0.2) is 48.5 Å². The number of hydrogen-bond donors (Lipinski definition) is 2. The van der Waals surface area contributed by atoms with E-state index in [1.807, 2.05) is 36.4 Å². The molecular formula is C15H11N2O. The number of nitrogens with one attached hydrogen (secondary N) is 1. The molecule has 0 aliphatic carbocycles. The van der Waals surface area contributed by atoms with Gasteiger partial charge in [-0.15, -0.1) is 0 Å². The minimum absolute atomic E-state index is 0.415. The van der Waals surface area contributed by atoms with Crippen LogP contribution in [0.2, 0.25) is 0 Å². The molecule has 0 spiro atoms. The van der Waals surface area contributed by atoms with Crippen LogP contribution in [0.3, 0.4) is 0 Å². The molecule has 0 atom stereocenters. The zero-order valence-electron chi connectivity index (χ0n) is 9.60. The lowest BCUT2D eigenvalue weighted by Crippen LogP contribution is -2.10. The maximum Gasteiger partial charge on any atom is 0.248 e. The predicted octanol–water partition coefficient (Wildman–Crippen LogP) is 2.73. The largest absolute Gasteiger partial charge is 0.366 e. The van der Waals surface area contributed by atoms with E-state index in [2.05, 4.69) is 11.1 Å². The molecule has 3 rings (SSSR count). The van der Waals surface area contributed by atoms with Crippen LogP contribution in [0.25, 0.3) is 22.2 Å². The second-order valence-corrected chi connectivity index (χ2v) is 4.14. The van der Waals surface area contributed by atoms with Crippen LogP contribution < -0.4 is 5.73 Å². The average Bonchev–Trinajstić information content (AvgIpc) is 2.82. The Morgan fingerprint density at radius 3 is 2.89 bits per heavy atom. The van der Waals surface area contributed by atoms with Gasteiger partial charge in [-0.05, 0) is 42.0 Å². The van der Waals surface area contributed by atoms with E-state index < -0.39 is 5.91 Å². The van der Waals surface area contributed by atoms with Crippen molar-refractivity contribution in [3.63, 3.8) is 0 Å². The summed E-state index contributed by atoms with van der Waals surface area (Å²) in [6.07, 6.45) is 0. The first-order chi connectivity index (χ1) is 8.74. The zero-order valence-corrected chi connectivity index (χ0v) is 9.60. The highest BCUT2D eigenvalue weighted by Gasteiger charge is 2.05. The average molecular weight is 235 g/mol. The molecule has 0 saturated carbocycles. The van der Waals surface area contributed by atoms with Crippen molar-refractivity contribution >= 4 is 16.8 Å². The summed E-state index contributed by atoms with van der Waals surface area (Å²) in [7, 11) is 0. The first kappa shape index (κ1) is 10.6. The van der Waals surface area contributed by atoms with E-state index in [0.29, 0.717) is 5.56 Å². The zero-order chi connectivity index (χ0) is 12.5. The first-order valence-corrected chi connectivity index (χ1v) is 5.63. The van der Waals surface area contributed by atoms with Gasteiger partial charge in [-0.3, -0.25) is 4.79 Å². The number of benzene rings is 2. The van der Waals surface area contributed by atoms with Crippen LogP contribution >= 0.6 is 0 Å². The van der Waals surface area contributed by atoms with Gasteiger partial charge in [-0.25, -0.2) is 0 Å². The number of nitrogens with two attached hydrogens (primary N) is 1. The summed E-state index contributed by atoms with van der Waals surface area (Å²) >= 11 is 0. The summed E-state index contributed by atoms with van der Waals surface area (Å²) in [6, 6.07) is 18.1. The SMILES string of the molecule is NC(=O)c1cccc(-c2cc3c[c]ccc3[nH]2)c1. The van der Waals surface area contributed by atoms with Gasteiger partial charge in [0, 0.05) is 22.2 Å². The van der Waals surface area contributed by atoms with Crippen molar-refractivity contribution in [3.8, 4) is 11.3 Å². The lowest BCUT2D eigenvalue weighted by atomic mass is 10.1. The van der Waals surface area contributed by atoms with Crippen molar-refractivity contribution < 1.29 is 4.79 Å². The highest BCUT2D eigenvalue weighted by atomic mass is 16.1. The fourth-order valence-electron chi connectivity index (χ4n) is 2.01. The number of H-pyrrole nitrogens is 1. The summed E-state index contributed by atoms with van der Waals surface area (Å²) in [5, 5.41) is 1.09. The number of hydrogen-bond acceptors (Lipinski definition) is 1. The smallest absolute Gasteiger partial charge is 0.248 e. The predicted molar refractivity (Wildman–Crippen MR) is 71.1 cm³/mol. The van der Waals surface area contributed by atoms with Crippen molar-refractivity contribution in [2.24, 2.45) is 5.73 Å². The van der Waals surface area contributed by atoms with Gasteiger partial charge in [0.15, 0.2) is 0 Å². The van der Waals surface area contributed by atoms with Crippen molar-refractivity contribution in [2.75, 3.05) is 0 Å². The van der Waals surface area contributed by atoms with E-state index in [-0.39, 0.29) is 0 Å². The molecule has 3 aromatic rings. The van der Waals surface area contributed by atoms with Crippen molar-refractivity contribution in [1.29, 1.82) is 0 Å². The minimum Gasteiger partial charge on any atom is -0.366 e. The molecule has 18 heavy (non-hydrogen) atoms. The molecule has 0 fully saturated rings. The first-order valence-electron chi connectivity index (χ1n) is 5.63. The second-order valence-electron chi connectivity index (χ2n) is 4.14. The Hall–Kier alpha value is -2.55. The molecule has 0 bridgehead atoms. The molecule has 2 aromatic carbocycles. The third kappa shape index (κ3) is 1.76. The Bertz CT molecular complexity index is 695. The number of rotatable bonds is 2. The third-order valence-electron chi connectivity index (χ3n) is 2.92. The van der Waals surface area contributed by atoms with Gasteiger partial charge >= 0.3 is 0 Å². The van der Waals surface area contributed by atoms with E-state index in [1.165, 1.54) is 0 Å². The maximum atomic E-state index is 11.2. The van der Waals surface area contributed by atoms with E-state index >= 15 is 0 Å². The van der Waals surface area contributed by atoms with Gasteiger partial charge in [-0.2, -0.15) is 0 Å². The van der Waals surface area contributed by atoms with Crippen LogP contribution in [0.5, 0.6) is 0 Å². The van der Waals surface area contributed by atoms with Crippen LogP contribution in [0.4, 0.5) is 0 Å². The normalized spacial score (nSPS) is 10.7. The summed E-state index contributed by atoms with van der Waals surface area (Å²) in [4.78, 5) is 14.5. The highest BCUT2D eigenvalue weighted by Crippen LogP contribution is 2.24. The Morgan fingerprint density at radius 2 is 2.11 bits per heavy atom. The molecule has 1 radical (unpaired) electrons. The molecule has 0 saturated heterocycles. The van der Waals surface area contributed by atoms with Crippen LogP contribution in [-0.2, 0) is 0 Å². The van der Waals surface area contributed by atoms with Gasteiger partial charge in [0.25, 0.3) is 0 Å². The molecule has 1 aromatic heterocycles. The van der Waals surface area contributed by atoms with E-state index in [9.17, 15) is 4.79 Å². The van der Waals surface area contributed by atoms with Crippen molar-refractivity contribution in [2.45, 2.75) is 0 Å². The summed E-state index contributed by atoms with van der Waals surface area (Å²) in [5.41, 5.74) is 8.75. The number of carbonyl (C=O) groups is 1. The van der Waals surface area contributed by atoms with Crippen LogP contribution in [-0.4, -0.2) is 10.9 Å². The minimum atomic E-state index is -0.415. The number of carbonyl (C=O) groups excluding carboxylic acids is 1. The van der Waals surface area contributed by atoms with Crippen LogP contribution in [0, 0.1) is 6.07 Å². The van der Waals surface area contributed by atoms with E-state index in [0.717, 1.165) is 22.2 Å². The number of amides is 1. The molecule has 3 nitrogen and oxygen atoms in total. The lowest BCUT2D eigenvalue weighted by Gasteiger charge is -2.00. The molecule has 1 amide bonds. The quantitative estimate of drug-likeness (QED) is 0.705. The lowest BCUT2D eigenvalue weighted by molar-refractivity contribution is 0.100. The monoisotopic (exact) mass is 235 g/mol. The fraction of sp³-hybridized carbons (Fsp3) is 0. The van der Waals surface area contributed by atoms with Crippen molar-refractivity contribution in [3.05, 3.63) is 60.2 Å². The topological polar surface area (TPSA) is 58.9 Å².